The van der Waals surface area contributed by atoms with E-state index in [1.807, 2.05) is 0 Å². The van der Waals surface area contributed by atoms with Crippen LogP contribution >= 0.6 is 0 Å². The molecule has 1 fully saturated rings. The van der Waals surface area contributed by atoms with Crippen LogP contribution in [0.1, 0.15) is 56.4 Å². The average molecular weight is 877 g/mol. The van der Waals surface area contributed by atoms with Crippen molar-refractivity contribution in [2.24, 2.45) is 23.7 Å². The number of benzene rings is 18. The Bertz CT molecular complexity index is 6990. The molecule has 5 aliphatic carbocycles. The molecule has 1 N–H and O–H groups in total. The van der Waals surface area contributed by atoms with Crippen LogP contribution in [-0.4, -0.2) is 11.2 Å². The highest BCUT2D eigenvalue weighted by atomic mass is 16.3. The third-order valence-electron chi connectivity index (χ3n) is 26.9. The van der Waals surface area contributed by atoms with Crippen LogP contribution in [0.15, 0.2) is 0 Å². The van der Waals surface area contributed by atoms with Crippen molar-refractivity contribution in [1.29, 1.82) is 0 Å². The van der Waals surface area contributed by atoms with Gasteiger partial charge in [0.15, 0.2) is 0 Å². The lowest BCUT2D eigenvalue weighted by Gasteiger charge is -2.66. The van der Waals surface area contributed by atoms with E-state index in [0.717, 1.165) is 6.42 Å². The zero-order valence-electron chi connectivity index (χ0n) is 38.0. The van der Waals surface area contributed by atoms with Crippen molar-refractivity contribution in [3.8, 4) is 0 Å². The molecule has 0 saturated heterocycles. The highest BCUT2D eigenvalue weighted by Gasteiger charge is 2.76. The van der Waals surface area contributed by atoms with E-state index in [4.69, 9.17) is 0 Å². The first-order valence-corrected chi connectivity index (χ1v) is 27.5. The van der Waals surface area contributed by atoms with Crippen LogP contribution in [0.5, 0.6) is 0 Å². The number of hydrogen-bond donors (Lipinski definition) is 1. The molecule has 0 aromatic heterocycles. The van der Waals surface area contributed by atoms with E-state index < -0.39 is 11.5 Å². The molecular weight excluding hydrogens is 857 g/mol. The average Bonchev–Trinajstić information content (AvgIpc) is 4.23. The maximum absolute atomic E-state index is 13.8. The summed E-state index contributed by atoms with van der Waals surface area (Å²) in [4.78, 5) is 0. The highest BCUT2D eigenvalue weighted by molar-refractivity contribution is 6.82. The van der Waals surface area contributed by atoms with Crippen LogP contribution < -0.4 is 0 Å². The predicted molar refractivity (Wildman–Crippen MR) is 301 cm³/mol. The van der Waals surface area contributed by atoms with Gasteiger partial charge in [-0.3, -0.25) is 0 Å². The summed E-state index contributed by atoms with van der Waals surface area (Å²) in [7, 11) is 0. The molecule has 1 nitrogen and oxygen atoms in total. The van der Waals surface area contributed by atoms with Crippen LogP contribution in [0.4, 0.5) is 0 Å². The topological polar surface area (TPSA) is 20.2 Å². The SMILES string of the molecule is CC(C)[C@H]1C[C@H](O)[C@H](C(C)C)C23c4c5c6c7c8c9c(c%10c%11c2c2c4c4c%12c5c5c6c6c8c8c%13c9c9c%10c%10c%11c%11c2c2c4c4c%12c%12c5c5c6c8c6c8c%13c9c9c%10c%10c%11c2c2c4c4c%12c5c6c5c8c9c%10c2c45)C713. The number of hydrogen-bond acceptors (Lipinski definition) is 1. The fraction of sp³-hybridized carbons (Fsp3) is 0.171. The fourth-order valence-corrected chi connectivity index (χ4v) is 27.2. The first-order valence-electron chi connectivity index (χ1n) is 27.5. The summed E-state index contributed by atoms with van der Waals surface area (Å²) in [5.41, 5.74) is 6.26. The minimum absolute atomic E-state index is 0.0771. The lowest BCUT2D eigenvalue weighted by atomic mass is 9.35. The Morgan fingerprint density at radius 3 is 0.549 bits per heavy atom. The molecule has 2 spiro atoms. The van der Waals surface area contributed by atoms with Gasteiger partial charge in [0.25, 0.3) is 0 Å². The van der Waals surface area contributed by atoms with E-state index in [9.17, 15) is 5.11 Å². The molecule has 0 bridgehead atoms. The predicted octanol–water partition coefficient (Wildman–Crippen LogP) is 18.6. The van der Waals surface area contributed by atoms with Gasteiger partial charge in [0.1, 0.15) is 0 Å². The van der Waals surface area contributed by atoms with E-state index in [1.165, 1.54) is 0 Å². The summed E-state index contributed by atoms with van der Waals surface area (Å²) in [6, 6.07) is 0. The Balaban J connectivity index is 1.21. The standard InChI is InChI=1S/C70H20O/c1-6(2)8-5-9(71)64(7(3)4)70-67-60-54-44-36-26-18-14-11-10-12-16(18)24-32(26)46(54)52-42-34(24)28-20(12)21-13(10)17-19-15(11)23-22(14)30(36)40-41-31(23)37-27(19)33-25(17)35-29(21)39-38(28)48(42)56-57-49(39)43(35)53-47(33)55-45(37)51(41)63(62(67)50(40)44)68(70)61(55)59(53)66(57)69(8,70)65(56)58(52)60/h6-9,64,71H,5H2,1-4H3/t8-,9+,64+,69?,70?/m1/s1. The summed E-state index contributed by atoms with van der Waals surface area (Å²) in [6.45, 7) is 10.3. The van der Waals surface area contributed by atoms with Crippen molar-refractivity contribution >= 4 is 291 Å². The van der Waals surface area contributed by atoms with Gasteiger partial charge in [-0.1, -0.05) is 27.7 Å². The van der Waals surface area contributed by atoms with Crippen molar-refractivity contribution in [2.45, 2.75) is 51.0 Å². The van der Waals surface area contributed by atoms with Crippen LogP contribution in [0, 0.1) is 23.7 Å². The molecule has 0 heterocycles. The largest absolute Gasteiger partial charge is 0.393 e. The smallest absolute Gasteiger partial charge is 0.0586 e. The molecule has 1 saturated carbocycles. The zero-order chi connectivity index (χ0) is 43.1. The third-order valence-corrected chi connectivity index (χ3v) is 26.9. The molecule has 1 heteroatoms. The Kier molecular flexibility index (Phi) is 2.43. The number of aliphatic hydroxyl groups excluding tert-OH is 1. The monoisotopic (exact) mass is 876 g/mol. The Morgan fingerprint density at radius 2 is 0.394 bits per heavy atom. The second-order valence-electron chi connectivity index (χ2n) is 27.8. The lowest BCUT2D eigenvalue weighted by Crippen LogP contribution is -2.67. The second-order valence-corrected chi connectivity index (χ2v) is 27.8. The van der Waals surface area contributed by atoms with Crippen molar-refractivity contribution in [3.05, 3.63) is 22.3 Å². The number of aliphatic hydroxyl groups is 1. The summed E-state index contributed by atoms with van der Waals surface area (Å²) < 4.78 is 0. The first kappa shape index (κ1) is 27.7. The minimum atomic E-state index is -0.404. The Hall–Kier alpha value is -7.58. The van der Waals surface area contributed by atoms with Crippen molar-refractivity contribution in [3.63, 3.8) is 0 Å². The molecule has 0 aliphatic heterocycles. The van der Waals surface area contributed by atoms with Gasteiger partial charge in [0.2, 0.25) is 0 Å². The van der Waals surface area contributed by atoms with Gasteiger partial charge in [-0.05, 0) is 337 Å². The summed E-state index contributed by atoms with van der Waals surface area (Å²) in [5, 5.41) is 103. The molecule has 0 unspecified atom stereocenters. The van der Waals surface area contributed by atoms with Crippen LogP contribution in [0.25, 0.3) is 291 Å². The van der Waals surface area contributed by atoms with E-state index in [-0.39, 0.29) is 17.3 Å². The van der Waals surface area contributed by atoms with Gasteiger partial charge in [0, 0.05) is 16.7 Å². The molecule has 28 aromatic rings. The van der Waals surface area contributed by atoms with Gasteiger partial charge in [-0.25, -0.2) is 0 Å². The highest BCUT2D eigenvalue weighted by Crippen LogP contribution is 2.87. The third kappa shape index (κ3) is 1.47. The van der Waals surface area contributed by atoms with Gasteiger partial charge in [0.05, 0.1) is 6.10 Å². The maximum Gasteiger partial charge on any atom is 0.0586 e. The van der Waals surface area contributed by atoms with E-state index in [1.54, 1.807) is 313 Å². The second kappa shape index (κ2) is 6.23. The first-order chi connectivity index (χ1) is 35.0. The molecule has 3 atom stereocenters. The summed E-state index contributed by atoms with van der Waals surface area (Å²) in [6.07, 6.45) is 0.483. The molecule has 28 aromatic carbocycles. The Morgan fingerprint density at radius 1 is 0.239 bits per heavy atom. The van der Waals surface area contributed by atoms with Crippen molar-refractivity contribution in [1.82, 2.24) is 0 Å². The number of rotatable bonds is 2. The molecular formula is C70H20O. The van der Waals surface area contributed by atoms with Gasteiger partial charge in [-0.2, -0.15) is 0 Å². The molecule has 71 heavy (non-hydrogen) atoms. The maximum atomic E-state index is 13.8. The molecule has 33 rings (SSSR count). The van der Waals surface area contributed by atoms with Crippen LogP contribution in [0.3, 0.4) is 0 Å². The van der Waals surface area contributed by atoms with Gasteiger partial charge >= 0.3 is 0 Å². The van der Waals surface area contributed by atoms with E-state index >= 15 is 0 Å². The quantitative estimate of drug-likeness (QED) is 0.172. The minimum Gasteiger partial charge on any atom is -0.393 e. The molecule has 5 aliphatic rings. The fourth-order valence-electron chi connectivity index (χ4n) is 27.2. The van der Waals surface area contributed by atoms with Crippen LogP contribution in [-0.2, 0) is 10.8 Å². The lowest BCUT2D eigenvalue weighted by molar-refractivity contribution is -0.0686. The van der Waals surface area contributed by atoms with Crippen molar-refractivity contribution in [2.75, 3.05) is 0 Å². The van der Waals surface area contributed by atoms with E-state index in [0.29, 0.717) is 11.8 Å². The van der Waals surface area contributed by atoms with Gasteiger partial charge < -0.3 is 5.11 Å². The molecule has 306 valence electrons. The Labute approximate surface area is 390 Å². The van der Waals surface area contributed by atoms with Crippen molar-refractivity contribution < 1.29 is 5.11 Å². The van der Waals surface area contributed by atoms with E-state index in [2.05, 4.69) is 27.7 Å². The summed E-state index contributed by atoms with van der Waals surface area (Å²) >= 11 is 0. The molecule has 0 radical (unpaired) electrons. The zero-order valence-corrected chi connectivity index (χ0v) is 38.0. The summed E-state index contributed by atoms with van der Waals surface area (Å²) in [5.74, 6) is 1.04. The van der Waals surface area contributed by atoms with Crippen LogP contribution in [0.2, 0.25) is 0 Å². The van der Waals surface area contributed by atoms with Gasteiger partial charge in [-0.15, -0.1) is 0 Å². The molecule has 0 amide bonds. The normalized spacial score (nSPS) is 26.0.